The molecule has 1 unspecified atom stereocenters. The van der Waals surface area contributed by atoms with Crippen molar-refractivity contribution in [2.45, 2.75) is 13.0 Å². The molecule has 0 aliphatic heterocycles. The van der Waals surface area contributed by atoms with Crippen LogP contribution >= 0.6 is 11.8 Å². The standard InChI is InChI=1S/C14H17NO3S/c1-10(16)13(15-2)9-19-14(18)8-5-11-3-6-12(17)7-4-11/h3-8,13,15,17H,9H2,1-2H3/b8-5+. The lowest BCUT2D eigenvalue weighted by molar-refractivity contribution is -0.118. The highest BCUT2D eigenvalue weighted by atomic mass is 32.2. The lowest BCUT2D eigenvalue weighted by Gasteiger charge is -2.10. The molecule has 1 aromatic rings. The smallest absolute Gasteiger partial charge is 0.212 e. The van der Waals surface area contributed by atoms with Gasteiger partial charge in [0.15, 0.2) is 0 Å². The molecule has 0 bridgehead atoms. The number of hydrogen-bond acceptors (Lipinski definition) is 5. The maximum Gasteiger partial charge on any atom is 0.212 e. The van der Waals surface area contributed by atoms with Crippen LogP contribution in [0.15, 0.2) is 30.3 Å². The van der Waals surface area contributed by atoms with Gasteiger partial charge in [-0.2, -0.15) is 0 Å². The van der Waals surface area contributed by atoms with Crippen LogP contribution in [0.25, 0.3) is 6.08 Å². The van der Waals surface area contributed by atoms with E-state index >= 15 is 0 Å². The molecule has 2 N–H and O–H groups in total. The lowest BCUT2D eigenvalue weighted by atomic mass is 10.2. The lowest BCUT2D eigenvalue weighted by Crippen LogP contribution is -2.34. The average Bonchev–Trinajstić information content (AvgIpc) is 2.38. The van der Waals surface area contributed by atoms with Crippen molar-refractivity contribution >= 4 is 28.7 Å². The highest BCUT2D eigenvalue weighted by Crippen LogP contribution is 2.12. The molecular formula is C14H17NO3S. The topological polar surface area (TPSA) is 66.4 Å². The van der Waals surface area contributed by atoms with E-state index in [2.05, 4.69) is 5.32 Å². The first-order valence-corrected chi connectivity index (χ1v) is 6.83. The summed E-state index contributed by atoms with van der Waals surface area (Å²) in [4.78, 5) is 22.8. The Kier molecular flexibility index (Phi) is 6.32. The van der Waals surface area contributed by atoms with E-state index in [1.165, 1.54) is 13.0 Å². The molecule has 0 radical (unpaired) electrons. The van der Waals surface area contributed by atoms with Crippen molar-refractivity contribution in [2.24, 2.45) is 0 Å². The number of hydrogen-bond donors (Lipinski definition) is 2. The van der Waals surface area contributed by atoms with Crippen molar-refractivity contribution in [2.75, 3.05) is 12.8 Å². The number of thioether (sulfide) groups is 1. The third-order valence-corrected chi connectivity index (χ3v) is 3.46. The molecular weight excluding hydrogens is 262 g/mol. The van der Waals surface area contributed by atoms with Gasteiger partial charge in [-0.25, -0.2) is 0 Å². The van der Waals surface area contributed by atoms with Crippen molar-refractivity contribution < 1.29 is 14.7 Å². The summed E-state index contributed by atoms with van der Waals surface area (Å²) in [5.41, 5.74) is 0.837. The fourth-order valence-corrected chi connectivity index (χ4v) is 2.26. The number of ketones is 1. The van der Waals surface area contributed by atoms with Gasteiger partial charge in [0.1, 0.15) is 11.5 Å². The second-order valence-corrected chi connectivity index (χ2v) is 5.03. The van der Waals surface area contributed by atoms with Crippen LogP contribution in [-0.4, -0.2) is 34.8 Å². The first kappa shape index (κ1) is 15.5. The van der Waals surface area contributed by atoms with E-state index in [0.29, 0.717) is 5.75 Å². The van der Waals surface area contributed by atoms with E-state index in [1.807, 2.05) is 0 Å². The molecule has 0 saturated carbocycles. The van der Waals surface area contributed by atoms with Crippen LogP contribution in [0.5, 0.6) is 5.75 Å². The predicted molar refractivity (Wildman–Crippen MR) is 78.1 cm³/mol. The molecule has 5 heteroatoms. The maximum absolute atomic E-state index is 11.6. The number of aromatic hydroxyl groups is 1. The number of phenolic OH excluding ortho intramolecular Hbond substituents is 1. The van der Waals surface area contributed by atoms with E-state index in [-0.39, 0.29) is 22.7 Å². The van der Waals surface area contributed by atoms with E-state index in [9.17, 15) is 9.59 Å². The molecule has 0 aliphatic carbocycles. The van der Waals surface area contributed by atoms with Crippen LogP contribution in [-0.2, 0) is 9.59 Å². The molecule has 102 valence electrons. The zero-order valence-corrected chi connectivity index (χ0v) is 11.7. The number of phenols is 1. The van der Waals surface area contributed by atoms with Gasteiger partial charge in [-0.1, -0.05) is 30.0 Å². The van der Waals surface area contributed by atoms with E-state index < -0.39 is 0 Å². The summed E-state index contributed by atoms with van der Waals surface area (Å²) in [5, 5.41) is 11.9. The number of carbonyl (C=O) groups is 2. The Morgan fingerprint density at radius 2 is 2.00 bits per heavy atom. The quantitative estimate of drug-likeness (QED) is 0.778. The molecule has 1 atom stereocenters. The highest BCUT2D eigenvalue weighted by molar-refractivity contribution is 8.14. The first-order chi connectivity index (χ1) is 9.02. The number of nitrogens with one attached hydrogen (secondary N) is 1. The SMILES string of the molecule is CNC(CSC(=O)/C=C/c1ccc(O)cc1)C(C)=O. The van der Waals surface area contributed by atoms with Gasteiger partial charge in [0.25, 0.3) is 0 Å². The maximum atomic E-state index is 11.6. The molecule has 1 rings (SSSR count). The van der Waals surface area contributed by atoms with Gasteiger partial charge in [-0.15, -0.1) is 0 Å². The van der Waals surface area contributed by atoms with Gasteiger partial charge in [0.2, 0.25) is 5.12 Å². The minimum Gasteiger partial charge on any atom is -0.508 e. The fraction of sp³-hybridized carbons (Fsp3) is 0.286. The summed E-state index contributed by atoms with van der Waals surface area (Å²) in [6, 6.07) is 6.26. The summed E-state index contributed by atoms with van der Waals surface area (Å²) in [5.74, 6) is 0.631. The van der Waals surface area contributed by atoms with Crippen LogP contribution in [0.2, 0.25) is 0 Å². The Morgan fingerprint density at radius 3 is 2.53 bits per heavy atom. The van der Waals surface area contributed by atoms with Gasteiger partial charge in [-0.3, -0.25) is 9.59 Å². The second-order valence-electron chi connectivity index (χ2n) is 4.01. The highest BCUT2D eigenvalue weighted by Gasteiger charge is 2.12. The van der Waals surface area contributed by atoms with Gasteiger partial charge in [0.05, 0.1) is 6.04 Å². The van der Waals surface area contributed by atoms with Crippen LogP contribution in [0, 0.1) is 0 Å². The molecule has 0 saturated heterocycles. The zero-order valence-electron chi connectivity index (χ0n) is 10.9. The van der Waals surface area contributed by atoms with E-state index in [1.54, 1.807) is 37.4 Å². The van der Waals surface area contributed by atoms with Gasteiger partial charge >= 0.3 is 0 Å². The molecule has 0 aromatic heterocycles. The summed E-state index contributed by atoms with van der Waals surface area (Å²) in [7, 11) is 1.70. The normalized spacial score (nSPS) is 12.5. The molecule has 4 nitrogen and oxygen atoms in total. The van der Waals surface area contributed by atoms with Gasteiger partial charge in [0, 0.05) is 5.75 Å². The Morgan fingerprint density at radius 1 is 1.37 bits per heavy atom. The molecule has 19 heavy (non-hydrogen) atoms. The Labute approximate surface area is 116 Å². The second kappa shape index (κ2) is 7.76. The number of rotatable bonds is 6. The van der Waals surface area contributed by atoms with Crippen LogP contribution in [0.3, 0.4) is 0 Å². The van der Waals surface area contributed by atoms with Crippen molar-refractivity contribution in [3.8, 4) is 5.75 Å². The van der Waals surface area contributed by atoms with Crippen molar-refractivity contribution in [1.29, 1.82) is 0 Å². The monoisotopic (exact) mass is 279 g/mol. The number of carbonyl (C=O) groups excluding carboxylic acids is 2. The van der Waals surface area contributed by atoms with E-state index in [0.717, 1.165) is 17.3 Å². The average molecular weight is 279 g/mol. The fourth-order valence-electron chi connectivity index (χ4n) is 1.37. The van der Waals surface area contributed by atoms with Crippen molar-refractivity contribution in [3.05, 3.63) is 35.9 Å². The Bertz CT molecular complexity index is 468. The zero-order chi connectivity index (χ0) is 14.3. The summed E-state index contributed by atoms with van der Waals surface area (Å²) in [6.45, 7) is 1.50. The first-order valence-electron chi connectivity index (χ1n) is 5.84. The van der Waals surface area contributed by atoms with Crippen LogP contribution < -0.4 is 5.32 Å². The Hall–Kier alpha value is -1.59. The van der Waals surface area contributed by atoms with Crippen LogP contribution in [0.1, 0.15) is 12.5 Å². The van der Waals surface area contributed by atoms with Gasteiger partial charge < -0.3 is 10.4 Å². The molecule has 0 aliphatic rings. The molecule has 0 heterocycles. The summed E-state index contributed by atoms with van der Waals surface area (Å²) >= 11 is 1.10. The van der Waals surface area contributed by atoms with Crippen LogP contribution in [0.4, 0.5) is 0 Å². The summed E-state index contributed by atoms with van der Waals surface area (Å²) < 4.78 is 0. The number of likely N-dealkylation sites (N-methyl/N-ethyl adjacent to an activating group) is 1. The third kappa shape index (κ3) is 5.72. The summed E-state index contributed by atoms with van der Waals surface area (Å²) in [6.07, 6.45) is 3.14. The van der Waals surface area contributed by atoms with E-state index in [4.69, 9.17) is 5.11 Å². The predicted octanol–water partition coefficient (Wildman–Crippen LogP) is 1.84. The molecule has 0 spiro atoms. The Balaban J connectivity index is 2.47. The molecule has 0 fully saturated rings. The number of Topliss-reactive ketones (excluding diaryl/α,β-unsaturated/α-hetero) is 1. The third-order valence-electron chi connectivity index (χ3n) is 2.54. The van der Waals surface area contributed by atoms with Crippen molar-refractivity contribution in [1.82, 2.24) is 5.32 Å². The minimum atomic E-state index is -0.295. The van der Waals surface area contributed by atoms with Crippen molar-refractivity contribution in [3.63, 3.8) is 0 Å². The largest absolute Gasteiger partial charge is 0.508 e. The molecule has 1 aromatic carbocycles. The minimum absolute atomic E-state index is 0.0188. The number of benzene rings is 1. The molecule has 0 amide bonds. The van der Waals surface area contributed by atoms with Gasteiger partial charge in [-0.05, 0) is 37.7 Å².